The number of anilines is 1. The third-order valence-electron chi connectivity index (χ3n) is 5.32. The van der Waals surface area contributed by atoms with Crippen molar-refractivity contribution < 1.29 is 19.1 Å². The first kappa shape index (κ1) is 19.7. The number of esters is 1. The zero-order valence-corrected chi connectivity index (χ0v) is 17.2. The summed E-state index contributed by atoms with van der Waals surface area (Å²) in [5.41, 5.74) is 0.694. The van der Waals surface area contributed by atoms with E-state index in [0.717, 1.165) is 35.8 Å². The lowest BCUT2D eigenvalue weighted by molar-refractivity contribution is -0.123. The van der Waals surface area contributed by atoms with Gasteiger partial charge in [-0.15, -0.1) is 11.3 Å². The Morgan fingerprint density at radius 3 is 2.59 bits per heavy atom. The van der Waals surface area contributed by atoms with E-state index in [9.17, 15) is 14.4 Å². The number of carbonyl (C=O) groups is 3. The highest BCUT2D eigenvalue weighted by Crippen LogP contribution is 2.30. The molecule has 2 aromatic rings. The van der Waals surface area contributed by atoms with E-state index in [1.54, 1.807) is 17.9 Å². The molecule has 2 heterocycles. The predicted molar refractivity (Wildman–Crippen MR) is 112 cm³/mol. The maximum Gasteiger partial charge on any atom is 0.348 e. The third kappa shape index (κ3) is 4.70. The molecule has 29 heavy (non-hydrogen) atoms. The molecule has 0 unspecified atom stereocenters. The van der Waals surface area contributed by atoms with Gasteiger partial charge in [-0.05, 0) is 62.3 Å². The molecule has 0 bridgehead atoms. The fourth-order valence-corrected chi connectivity index (χ4v) is 4.45. The van der Waals surface area contributed by atoms with Crippen LogP contribution in [0.15, 0.2) is 24.3 Å². The highest BCUT2D eigenvalue weighted by Gasteiger charge is 2.32. The topological polar surface area (TPSA) is 87.7 Å². The van der Waals surface area contributed by atoms with Crippen LogP contribution in [0.3, 0.4) is 0 Å². The Labute approximate surface area is 173 Å². The van der Waals surface area contributed by atoms with Crippen LogP contribution in [-0.4, -0.2) is 48.5 Å². The second-order valence-corrected chi connectivity index (χ2v) is 8.64. The molecular weight excluding hydrogens is 390 g/mol. The lowest BCUT2D eigenvalue weighted by Gasteiger charge is -2.32. The van der Waals surface area contributed by atoms with Gasteiger partial charge in [-0.25, -0.2) is 9.59 Å². The normalized spacial score (nSPS) is 17.2. The lowest BCUT2D eigenvalue weighted by atomic mass is 10.1. The number of likely N-dealkylation sites (tertiary alicyclic amines) is 1. The smallest absolute Gasteiger partial charge is 0.348 e. The Balaban J connectivity index is 1.32. The number of piperidine rings is 1. The van der Waals surface area contributed by atoms with Crippen LogP contribution in [0.2, 0.25) is 0 Å². The Kier molecular flexibility index (Phi) is 5.71. The summed E-state index contributed by atoms with van der Waals surface area (Å²) in [4.78, 5) is 38.7. The van der Waals surface area contributed by atoms with E-state index in [4.69, 9.17) is 4.74 Å². The molecule has 1 saturated carbocycles. The van der Waals surface area contributed by atoms with Gasteiger partial charge in [0.05, 0.1) is 6.61 Å². The number of nitrogens with zero attached hydrogens (tertiary/aromatic N) is 1. The Hall–Kier alpha value is -2.61. The van der Waals surface area contributed by atoms with E-state index < -0.39 is 0 Å². The van der Waals surface area contributed by atoms with Crippen LogP contribution in [0.5, 0.6) is 0 Å². The molecular formula is C21H25N3O4S. The fourth-order valence-electron chi connectivity index (χ4n) is 3.52. The quantitative estimate of drug-likeness (QED) is 0.731. The molecule has 0 radical (unpaired) electrons. The summed E-state index contributed by atoms with van der Waals surface area (Å²) in [5.74, 6) is 0.0581. The van der Waals surface area contributed by atoms with Crippen molar-refractivity contribution in [2.75, 3.05) is 25.0 Å². The van der Waals surface area contributed by atoms with Crippen molar-refractivity contribution in [1.82, 2.24) is 10.2 Å². The van der Waals surface area contributed by atoms with Gasteiger partial charge in [-0.1, -0.05) is 0 Å². The maximum atomic E-state index is 12.6. The molecule has 2 fully saturated rings. The summed E-state index contributed by atoms with van der Waals surface area (Å²) < 4.78 is 6.02. The molecule has 4 rings (SSSR count). The number of hydrogen-bond acceptors (Lipinski definition) is 5. The predicted octanol–water partition coefficient (Wildman–Crippen LogP) is 3.60. The standard InChI is InChI=1S/C21H25N3O4S/c1-2-28-20(26)18-12-14-11-16(5-6-17(14)29-18)23-21(27)24-9-7-15(8-10-24)22-19(25)13-3-4-13/h5-6,11-13,15H,2-4,7-10H2,1H3,(H,22,25)(H,23,27). The summed E-state index contributed by atoms with van der Waals surface area (Å²) in [6.07, 6.45) is 3.56. The summed E-state index contributed by atoms with van der Waals surface area (Å²) in [6, 6.07) is 7.43. The Bertz CT molecular complexity index is 929. The summed E-state index contributed by atoms with van der Waals surface area (Å²) >= 11 is 1.38. The minimum absolute atomic E-state index is 0.142. The van der Waals surface area contributed by atoms with Crippen molar-refractivity contribution >= 4 is 45.0 Å². The van der Waals surface area contributed by atoms with Crippen LogP contribution in [0.25, 0.3) is 10.1 Å². The first-order valence-corrected chi connectivity index (χ1v) is 10.9. The monoisotopic (exact) mass is 415 g/mol. The van der Waals surface area contributed by atoms with Gasteiger partial charge in [-0.3, -0.25) is 4.79 Å². The molecule has 1 aromatic carbocycles. The average molecular weight is 416 g/mol. The fraction of sp³-hybridized carbons (Fsp3) is 0.476. The van der Waals surface area contributed by atoms with Gasteiger partial charge in [0, 0.05) is 35.4 Å². The minimum Gasteiger partial charge on any atom is -0.462 e. The Morgan fingerprint density at radius 1 is 1.14 bits per heavy atom. The van der Waals surface area contributed by atoms with E-state index in [2.05, 4.69) is 10.6 Å². The van der Waals surface area contributed by atoms with Gasteiger partial charge in [0.25, 0.3) is 0 Å². The van der Waals surface area contributed by atoms with Crippen molar-refractivity contribution in [1.29, 1.82) is 0 Å². The van der Waals surface area contributed by atoms with Gasteiger partial charge in [-0.2, -0.15) is 0 Å². The maximum absolute atomic E-state index is 12.6. The molecule has 0 spiro atoms. The van der Waals surface area contributed by atoms with Crippen molar-refractivity contribution in [3.8, 4) is 0 Å². The number of carbonyl (C=O) groups excluding carboxylic acids is 3. The van der Waals surface area contributed by atoms with E-state index in [1.165, 1.54) is 11.3 Å². The number of fused-ring (bicyclic) bond motifs is 1. The molecule has 2 N–H and O–H groups in total. The van der Waals surface area contributed by atoms with Crippen molar-refractivity contribution in [3.05, 3.63) is 29.1 Å². The molecule has 154 valence electrons. The van der Waals surface area contributed by atoms with E-state index in [0.29, 0.717) is 30.3 Å². The van der Waals surface area contributed by atoms with Crippen LogP contribution in [0.4, 0.5) is 10.5 Å². The number of ether oxygens (including phenoxy) is 1. The number of rotatable bonds is 5. The van der Waals surface area contributed by atoms with Gasteiger partial charge < -0.3 is 20.3 Å². The van der Waals surface area contributed by atoms with Gasteiger partial charge in [0.2, 0.25) is 5.91 Å². The number of urea groups is 1. The zero-order chi connectivity index (χ0) is 20.4. The highest BCUT2D eigenvalue weighted by molar-refractivity contribution is 7.20. The third-order valence-corrected chi connectivity index (χ3v) is 6.42. The first-order valence-electron chi connectivity index (χ1n) is 10.1. The second kappa shape index (κ2) is 8.41. The van der Waals surface area contributed by atoms with Crippen LogP contribution < -0.4 is 10.6 Å². The molecule has 0 atom stereocenters. The van der Waals surface area contributed by atoms with Gasteiger partial charge in [0.1, 0.15) is 4.88 Å². The second-order valence-electron chi connectivity index (χ2n) is 7.56. The number of amides is 3. The Morgan fingerprint density at radius 2 is 1.90 bits per heavy atom. The number of nitrogens with one attached hydrogen (secondary N) is 2. The molecule has 1 aliphatic carbocycles. The molecule has 1 aliphatic heterocycles. The first-order chi connectivity index (χ1) is 14.0. The number of benzene rings is 1. The molecule has 1 aromatic heterocycles. The van der Waals surface area contributed by atoms with Crippen LogP contribution >= 0.6 is 11.3 Å². The minimum atomic E-state index is -0.323. The zero-order valence-electron chi connectivity index (χ0n) is 16.4. The van der Waals surface area contributed by atoms with Crippen molar-refractivity contribution in [2.24, 2.45) is 5.92 Å². The van der Waals surface area contributed by atoms with Crippen LogP contribution in [-0.2, 0) is 9.53 Å². The number of hydrogen-bond donors (Lipinski definition) is 2. The van der Waals surface area contributed by atoms with E-state index in [1.807, 2.05) is 18.2 Å². The summed E-state index contributed by atoms with van der Waals surface area (Å²) in [7, 11) is 0. The van der Waals surface area contributed by atoms with E-state index in [-0.39, 0.29) is 29.9 Å². The largest absolute Gasteiger partial charge is 0.462 e. The van der Waals surface area contributed by atoms with Crippen molar-refractivity contribution in [3.63, 3.8) is 0 Å². The van der Waals surface area contributed by atoms with Gasteiger partial charge in [0.15, 0.2) is 0 Å². The number of thiophene rings is 1. The van der Waals surface area contributed by atoms with Crippen LogP contribution in [0.1, 0.15) is 42.3 Å². The highest BCUT2D eigenvalue weighted by atomic mass is 32.1. The molecule has 7 nitrogen and oxygen atoms in total. The van der Waals surface area contributed by atoms with E-state index >= 15 is 0 Å². The van der Waals surface area contributed by atoms with Crippen LogP contribution in [0, 0.1) is 5.92 Å². The van der Waals surface area contributed by atoms with Gasteiger partial charge >= 0.3 is 12.0 Å². The average Bonchev–Trinajstić information content (AvgIpc) is 3.48. The SMILES string of the molecule is CCOC(=O)c1cc2cc(NC(=O)N3CCC(NC(=O)C4CC4)CC3)ccc2s1. The summed E-state index contributed by atoms with van der Waals surface area (Å²) in [6.45, 7) is 3.36. The molecule has 3 amide bonds. The molecule has 8 heteroatoms. The molecule has 2 aliphatic rings. The van der Waals surface area contributed by atoms with Crippen molar-refractivity contribution in [2.45, 2.75) is 38.6 Å². The summed E-state index contributed by atoms with van der Waals surface area (Å²) in [5, 5.41) is 6.94. The molecule has 1 saturated heterocycles. The lowest BCUT2D eigenvalue weighted by Crippen LogP contribution is -2.48.